The molecule has 0 fully saturated rings. The lowest BCUT2D eigenvalue weighted by Crippen LogP contribution is -2.33. The number of carbonyl (C=O) groups is 1. The topological polar surface area (TPSA) is 95.3 Å². The molecule has 1 unspecified atom stereocenters. The largest absolute Gasteiger partial charge is 0.497 e. The summed E-state index contributed by atoms with van der Waals surface area (Å²) in [5.41, 5.74) is 1.78. The Kier molecular flexibility index (Phi) is 6.18. The molecule has 0 aliphatic carbocycles. The highest BCUT2D eigenvalue weighted by atomic mass is 32.1. The molecule has 9 heteroatoms. The maximum Gasteiger partial charge on any atom is 0.267 e. The minimum atomic E-state index is -0.827. The molecule has 0 bridgehead atoms. The van der Waals surface area contributed by atoms with Gasteiger partial charge in [-0.25, -0.2) is 9.67 Å². The Labute approximate surface area is 188 Å². The summed E-state index contributed by atoms with van der Waals surface area (Å²) in [5, 5.41) is 7.65. The van der Waals surface area contributed by atoms with Gasteiger partial charge in [-0.15, -0.1) is 0 Å². The number of nitrogens with zero attached hydrogens (tertiary/aromatic N) is 3. The molecule has 1 amide bonds. The highest BCUT2D eigenvalue weighted by molar-refractivity contribution is 7.22. The maximum absolute atomic E-state index is 12.9. The van der Waals surface area contributed by atoms with E-state index in [1.807, 2.05) is 49.4 Å². The highest BCUT2D eigenvalue weighted by Crippen LogP contribution is 2.29. The van der Waals surface area contributed by atoms with Crippen LogP contribution in [-0.4, -0.2) is 34.4 Å². The molecule has 0 aliphatic rings. The lowest BCUT2D eigenvalue weighted by Gasteiger charge is -2.14. The molecule has 0 radical (unpaired) electrons. The minimum absolute atomic E-state index is 0.365. The summed E-state index contributed by atoms with van der Waals surface area (Å²) in [5.74, 6) is 1.09. The number of thiazole rings is 1. The van der Waals surface area contributed by atoms with Crippen LogP contribution in [0.25, 0.3) is 21.5 Å². The molecule has 0 spiro atoms. The van der Waals surface area contributed by atoms with E-state index in [-0.39, 0.29) is 11.5 Å². The van der Waals surface area contributed by atoms with E-state index in [2.05, 4.69) is 15.4 Å². The van der Waals surface area contributed by atoms with E-state index < -0.39 is 6.04 Å². The summed E-state index contributed by atoms with van der Waals surface area (Å²) in [7, 11) is 1.59. The molecule has 164 valence electrons. The van der Waals surface area contributed by atoms with Crippen molar-refractivity contribution in [2.45, 2.75) is 19.9 Å². The zero-order valence-electron chi connectivity index (χ0n) is 17.9. The summed E-state index contributed by atoms with van der Waals surface area (Å²) in [4.78, 5) is 29.7. The zero-order valence-corrected chi connectivity index (χ0v) is 18.7. The van der Waals surface area contributed by atoms with Crippen molar-refractivity contribution < 1.29 is 14.3 Å². The van der Waals surface area contributed by atoms with Crippen LogP contribution >= 0.6 is 11.3 Å². The average Bonchev–Trinajstić information content (AvgIpc) is 3.20. The van der Waals surface area contributed by atoms with E-state index >= 15 is 0 Å². The van der Waals surface area contributed by atoms with Gasteiger partial charge in [0, 0.05) is 11.6 Å². The molecular weight excluding hydrogens is 428 g/mol. The van der Waals surface area contributed by atoms with Gasteiger partial charge in [-0.1, -0.05) is 11.3 Å². The van der Waals surface area contributed by atoms with Gasteiger partial charge in [0.25, 0.3) is 11.5 Å². The molecule has 4 aromatic rings. The van der Waals surface area contributed by atoms with E-state index in [1.54, 1.807) is 20.1 Å². The number of carbonyl (C=O) groups excluding carboxylic acids is 1. The first-order valence-corrected chi connectivity index (χ1v) is 10.9. The van der Waals surface area contributed by atoms with Gasteiger partial charge >= 0.3 is 0 Å². The van der Waals surface area contributed by atoms with Gasteiger partial charge in [0.1, 0.15) is 17.5 Å². The third-order valence-electron chi connectivity index (χ3n) is 4.86. The van der Waals surface area contributed by atoms with Crippen molar-refractivity contribution in [3.05, 3.63) is 65.0 Å². The van der Waals surface area contributed by atoms with Gasteiger partial charge in [-0.2, -0.15) is 5.10 Å². The quantitative estimate of drug-likeness (QED) is 0.455. The predicted molar refractivity (Wildman–Crippen MR) is 125 cm³/mol. The average molecular weight is 451 g/mol. The lowest BCUT2D eigenvalue weighted by atomic mass is 10.1. The van der Waals surface area contributed by atoms with E-state index in [9.17, 15) is 9.59 Å². The second-order valence-electron chi connectivity index (χ2n) is 6.98. The van der Waals surface area contributed by atoms with Crippen molar-refractivity contribution in [2.24, 2.45) is 0 Å². The molecule has 1 N–H and O–H groups in total. The monoisotopic (exact) mass is 450 g/mol. The second kappa shape index (κ2) is 9.19. The van der Waals surface area contributed by atoms with Gasteiger partial charge in [-0.3, -0.25) is 9.59 Å². The molecule has 2 aromatic heterocycles. The summed E-state index contributed by atoms with van der Waals surface area (Å²) in [6, 6.07) is 15.1. The smallest absolute Gasteiger partial charge is 0.267 e. The van der Waals surface area contributed by atoms with E-state index in [0.29, 0.717) is 17.4 Å². The first kappa shape index (κ1) is 21.5. The summed E-state index contributed by atoms with van der Waals surface area (Å²) in [6.07, 6.45) is 0. The summed E-state index contributed by atoms with van der Waals surface area (Å²) < 4.78 is 12.8. The molecule has 0 aliphatic heterocycles. The summed E-state index contributed by atoms with van der Waals surface area (Å²) >= 11 is 1.34. The number of amides is 1. The van der Waals surface area contributed by atoms with Crippen molar-refractivity contribution in [3.8, 4) is 22.8 Å². The Bertz CT molecular complexity index is 1310. The first-order chi connectivity index (χ1) is 15.5. The number of aromatic nitrogens is 3. The van der Waals surface area contributed by atoms with Crippen LogP contribution in [0.5, 0.6) is 11.5 Å². The van der Waals surface area contributed by atoms with Gasteiger partial charge in [0.05, 0.1) is 29.6 Å². The second-order valence-corrected chi connectivity index (χ2v) is 8.01. The van der Waals surface area contributed by atoms with Crippen LogP contribution in [0.4, 0.5) is 5.13 Å². The van der Waals surface area contributed by atoms with Crippen molar-refractivity contribution in [1.82, 2.24) is 14.8 Å². The van der Waals surface area contributed by atoms with Crippen LogP contribution in [0, 0.1) is 0 Å². The molecule has 2 aromatic carbocycles. The Morgan fingerprint density at radius 1 is 1.12 bits per heavy atom. The first-order valence-electron chi connectivity index (χ1n) is 10.1. The molecule has 4 rings (SSSR count). The van der Waals surface area contributed by atoms with Crippen LogP contribution in [0.1, 0.15) is 19.9 Å². The zero-order chi connectivity index (χ0) is 22.7. The number of fused-ring (bicyclic) bond motifs is 1. The van der Waals surface area contributed by atoms with Gasteiger partial charge in [0.2, 0.25) is 0 Å². The number of ether oxygens (including phenoxy) is 2. The van der Waals surface area contributed by atoms with Crippen LogP contribution < -0.4 is 20.3 Å². The molecule has 32 heavy (non-hydrogen) atoms. The highest BCUT2D eigenvalue weighted by Gasteiger charge is 2.20. The summed E-state index contributed by atoms with van der Waals surface area (Å²) in [6.45, 7) is 4.12. The molecule has 0 saturated heterocycles. The fourth-order valence-electron chi connectivity index (χ4n) is 3.15. The number of methoxy groups -OCH3 is 1. The number of benzene rings is 2. The molecule has 1 atom stereocenters. The van der Waals surface area contributed by atoms with Gasteiger partial charge in [-0.05, 0) is 62.4 Å². The van der Waals surface area contributed by atoms with Crippen molar-refractivity contribution in [2.75, 3.05) is 19.0 Å². The molecule has 2 heterocycles. The molecular formula is C23H22N4O4S. The number of rotatable bonds is 7. The van der Waals surface area contributed by atoms with Crippen LogP contribution in [-0.2, 0) is 4.79 Å². The van der Waals surface area contributed by atoms with Crippen LogP contribution in [0.15, 0.2) is 59.4 Å². The Balaban J connectivity index is 1.55. The van der Waals surface area contributed by atoms with Crippen LogP contribution in [0.2, 0.25) is 0 Å². The van der Waals surface area contributed by atoms with E-state index in [4.69, 9.17) is 9.47 Å². The number of nitrogens with one attached hydrogen (secondary N) is 1. The van der Waals surface area contributed by atoms with Crippen molar-refractivity contribution in [3.63, 3.8) is 0 Å². The van der Waals surface area contributed by atoms with Gasteiger partial charge in [0.15, 0.2) is 5.13 Å². The third kappa shape index (κ3) is 4.47. The van der Waals surface area contributed by atoms with E-state index in [1.165, 1.54) is 22.1 Å². The Morgan fingerprint density at radius 3 is 2.59 bits per heavy atom. The molecule has 0 saturated carbocycles. The maximum atomic E-state index is 12.9. The van der Waals surface area contributed by atoms with E-state index in [0.717, 1.165) is 27.3 Å². The lowest BCUT2D eigenvalue weighted by molar-refractivity contribution is -0.119. The standard InChI is InChI=1S/C23H22N4O4S/c1-4-31-17-9-10-19-20(13-17)32-23(24-19)25-22(29)14(2)27-21(28)12-11-18(26-27)15-5-7-16(30-3)8-6-15/h5-14H,4H2,1-3H3,(H,24,25,29). The normalized spacial score (nSPS) is 11.8. The van der Waals surface area contributed by atoms with Gasteiger partial charge < -0.3 is 14.8 Å². The number of hydrogen-bond acceptors (Lipinski definition) is 7. The third-order valence-corrected chi connectivity index (χ3v) is 5.79. The minimum Gasteiger partial charge on any atom is -0.497 e. The predicted octanol–water partition coefficient (Wildman–Crippen LogP) is 4.13. The van der Waals surface area contributed by atoms with Crippen molar-refractivity contribution >= 4 is 32.6 Å². The Hall–Kier alpha value is -3.72. The molecule has 8 nitrogen and oxygen atoms in total. The fourth-order valence-corrected chi connectivity index (χ4v) is 4.05. The van der Waals surface area contributed by atoms with Crippen molar-refractivity contribution in [1.29, 1.82) is 0 Å². The Morgan fingerprint density at radius 2 is 1.88 bits per heavy atom. The van der Waals surface area contributed by atoms with Crippen LogP contribution in [0.3, 0.4) is 0 Å². The fraction of sp³-hybridized carbons (Fsp3) is 0.217. The number of hydrogen-bond donors (Lipinski definition) is 1. The number of anilines is 1. The SMILES string of the molecule is CCOc1ccc2nc(NC(=O)C(C)n3nc(-c4ccc(OC)cc4)ccc3=O)sc2c1.